The largest absolute Gasteiger partial charge is 0.353 e. The number of fused-ring (bicyclic) bond motifs is 2. The van der Waals surface area contributed by atoms with Gasteiger partial charge in [-0.1, -0.05) is 51.4 Å². The minimum atomic E-state index is 0.231. The van der Waals surface area contributed by atoms with Crippen LogP contribution in [0.15, 0.2) is 0 Å². The summed E-state index contributed by atoms with van der Waals surface area (Å²) in [6, 6.07) is 0.499. The fourth-order valence-electron chi connectivity index (χ4n) is 8.31. The van der Waals surface area contributed by atoms with E-state index in [9.17, 15) is 9.59 Å². The molecule has 5 rings (SSSR count). The van der Waals surface area contributed by atoms with Crippen LogP contribution in [0.2, 0.25) is 0 Å². The third-order valence-corrected chi connectivity index (χ3v) is 10.2. The molecule has 4 heteroatoms. The third-order valence-electron chi connectivity index (χ3n) is 10.2. The van der Waals surface area contributed by atoms with Crippen molar-refractivity contribution in [3.63, 3.8) is 0 Å². The second kappa shape index (κ2) is 10.5. The lowest BCUT2D eigenvalue weighted by Gasteiger charge is -2.40. The summed E-state index contributed by atoms with van der Waals surface area (Å²) in [4.78, 5) is 26.1. The van der Waals surface area contributed by atoms with E-state index in [1.165, 1.54) is 64.2 Å². The highest BCUT2D eigenvalue weighted by Gasteiger charge is 2.38. The molecule has 8 atom stereocenters. The van der Waals surface area contributed by atoms with Crippen molar-refractivity contribution in [1.29, 1.82) is 0 Å². The summed E-state index contributed by atoms with van der Waals surface area (Å²) in [6.07, 6.45) is 22.1. The number of carbonyl (C=O) groups excluding carboxylic acids is 2. The molecular formula is C28H46N2O2. The van der Waals surface area contributed by atoms with Gasteiger partial charge in [-0.3, -0.25) is 9.59 Å². The van der Waals surface area contributed by atoms with Gasteiger partial charge in [0.2, 0.25) is 11.8 Å². The Labute approximate surface area is 195 Å². The fraction of sp³-hybridized carbons (Fsp3) is 0.929. The molecular weight excluding hydrogens is 396 g/mol. The highest BCUT2D eigenvalue weighted by molar-refractivity contribution is 5.80. The normalized spacial score (nSPS) is 42.2. The molecule has 0 radical (unpaired) electrons. The topological polar surface area (TPSA) is 58.2 Å². The Balaban J connectivity index is 1.07. The van der Waals surface area contributed by atoms with Gasteiger partial charge in [-0.05, 0) is 87.9 Å². The van der Waals surface area contributed by atoms with E-state index >= 15 is 0 Å². The zero-order valence-corrected chi connectivity index (χ0v) is 20.2. The van der Waals surface area contributed by atoms with E-state index in [-0.39, 0.29) is 23.9 Å². The number of hydrogen-bond donors (Lipinski definition) is 2. The minimum Gasteiger partial charge on any atom is -0.353 e. The van der Waals surface area contributed by atoms with Crippen LogP contribution < -0.4 is 10.6 Å². The molecule has 0 bridgehead atoms. The lowest BCUT2D eigenvalue weighted by molar-refractivity contribution is -0.128. The zero-order valence-electron chi connectivity index (χ0n) is 20.2. The van der Waals surface area contributed by atoms with Crippen molar-refractivity contribution in [1.82, 2.24) is 10.6 Å². The molecule has 4 nitrogen and oxygen atoms in total. The summed E-state index contributed by atoms with van der Waals surface area (Å²) in [6.45, 7) is 0. The number of rotatable bonds is 4. The molecule has 0 aromatic rings. The van der Waals surface area contributed by atoms with E-state index in [0.29, 0.717) is 11.8 Å². The Kier molecular flexibility index (Phi) is 7.43. The maximum atomic E-state index is 13.1. The molecule has 180 valence electrons. The molecule has 5 fully saturated rings. The van der Waals surface area contributed by atoms with Crippen LogP contribution in [0.1, 0.15) is 116 Å². The van der Waals surface area contributed by atoms with Gasteiger partial charge in [0.15, 0.2) is 0 Å². The van der Waals surface area contributed by atoms with E-state index in [2.05, 4.69) is 10.6 Å². The van der Waals surface area contributed by atoms with Gasteiger partial charge in [-0.25, -0.2) is 0 Å². The van der Waals surface area contributed by atoms with Crippen LogP contribution >= 0.6 is 0 Å². The Morgan fingerprint density at radius 2 is 0.875 bits per heavy atom. The van der Waals surface area contributed by atoms with Crippen molar-refractivity contribution in [3.05, 3.63) is 0 Å². The molecule has 0 aliphatic heterocycles. The van der Waals surface area contributed by atoms with E-state index < -0.39 is 0 Å². The zero-order chi connectivity index (χ0) is 21.9. The number of hydrogen-bond acceptors (Lipinski definition) is 2. The van der Waals surface area contributed by atoms with Gasteiger partial charge in [-0.2, -0.15) is 0 Å². The first-order valence-corrected chi connectivity index (χ1v) is 14.3. The van der Waals surface area contributed by atoms with Gasteiger partial charge in [0, 0.05) is 23.9 Å². The summed E-state index contributed by atoms with van der Waals surface area (Å²) >= 11 is 0. The monoisotopic (exact) mass is 442 g/mol. The van der Waals surface area contributed by atoms with Gasteiger partial charge in [0.25, 0.3) is 0 Å². The SMILES string of the molecule is O=C(NC1CCCC(NC(=O)C2CCC3CCCCC3C2)C1)C1CCC2CCCCC2C1. The first-order chi connectivity index (χ1) is 15.7. The summed E-state index contributed by atoms with van der Waals surface area (Å²) < 4.78 is 0. The smallest absolute Gasteiger partial charge is 0.223 e. The van der Waals surface area contributed by atoms with E-state index in [1.807, 2.05) is 0 Å². The average molecular weight is 443 g/mol. The highest BCUT2D eigenvalue weighted by atomic mass is 16.2. The summed E-state index contributed by atoms with van der Waals surface area (Å²) in [5.41, 5.74) is 0. The van der Waals surface area contributed by atoms with Gasteiger partial charge in [-0.15, -0.1) is 0 Å². The maximum absolute atomic E-state index is 13.1. The molecule has 0 aromatic carbocycles. The van der Waals surface area contributed by atoms with Crippen LogP contribution in [0.5, 0.6) is 0 Å². The van der Waals surface area contributed by atoms with E-state index in [0.717, 1.165) is 75.0 Å². The third kappa shape index (κ3) is 5.36. The molecule has 8 unspecified atom stereocenters. The van der Waals surface area contributed by atoms with Crippen molar-refractivity contribution in [2.45, 2.75) is 128 Å². The van der Waals surface area contributed by atoms with Crippen LogP contribution in [-0.4, -0.2) is 23.9 Å². The van der Waals surface area contributed by atoms with Gasteiger partial charge >= 0.3 is 0 Å². The fourth-order valence-corrected chi connectivity index (χ4v) is 8.31. The second-order valence-electron chi connectivity index (χ2n) is 12.2. The lowest BCUT2D eigenvalue weighted by Crippen LogP contribution is -2.49. The minimum absolute atomic E-state index is 0.231. The molecule has 0 spiro atoms. The van der Waals surface area contributed by atoms with Crippen LogP contribution in [-0.2, 0) is 9.59 Å². The molecule has 0 aromatic heterocycles. The van der Waals surface area contributed by atoms with Crippen molar-refractivity contribution >= 4 is 11.8 Å². The molecule has 2 N–H and O–H groups in total. The van der Waals surface area contributed by atoms with Crippen LogP contribution in [0, 0.1) is 35.5 Å². The Hall–Kier alpha value is -1.06. The quantitative estimate of drug-likeness (QED) is 0.583. The molecule has 32 heavy (non-hydrogen) atoms. The average Bonchev–Trinajstić information content (AvgIpc) is 2.83. The van der Waals surface area contributed by atoms with Gasteiger partial charge in [0.05, 0.1) is 0 Å². The van der Waals surface area contributed by atoms with Crippen LogP contribution in [0.4, 0.5) is 0 Å². The lowest BCUT2D eigenvalue weighted by atomic mass is 9.67. The molecule has 5 aliphatic carbocycles. The Bertz CT molecular complexity index is 610. The number of nitrogens with one attached hydrogen (secondary N) is 2. The predicted octanol–water partition coefficient (Wildman–Crippen LogP) is 5.74. The number of amides is 2. The molecule has 5 saturated carbocycles. The van der Waals surface area contributed by atoms with Crippen molar-refractivity contribution < 1.29 is 9.59 Å². The van der Waals surface area contributed by atoms with Gasteiger partial charge in [0.1, 0.15) is 0 Å². The van der Waals surface area contributed by atoms with E-state index in [1.54, 1.807) is 0 Å². The van der Waals surface area contributed by atoms with Crippen molar-refractivity contribution in [3.8, 4) is 0 Å². The molecule has 0 saturated heterocycles. The molecule has 0 heterocycles. The predicted molar refractivity (Wildman–Crippen MR) is 128 cm³/mol. The maximum Gasteiger partial charge on any atom is 0.223 e. The van der Waals surface area contributed by atoms with Crippen LogP contribution in [0.3, 0.4) is 0 Å². The standard InChI is InChI=1S/C28H46N2O2/c31-27(23-14-12-19-6-1-3-8-21(19)16-23)29-25-10-5-11-26(18-25)30-28(32)24-15-13-20-7-2-4-9-22(20)17-24/h19-26H,1-18H2,(H,29,31)(H,30,32). The van der Waals surface area contributed by atoms with E-state index in [4.69, 9.17) is 0 Å². The first kappa shape index (κ1) is 22.7. The summed E-state index contributed by atoms with van der Waals surface area (Å²) in [5, 5.41) is 6.83. The van der Waals surface area contributed by atoms with Crippen molar-refractivity contribution in [2.24, 2.45) is 35.5 Å². The Morgan fingerprint density at radius 3 is 1.34 bits per heavy atom. The second-order valence-corrected chi connectivity index (χ2v) is 12.2. The van der Waals surface area contributed by atoms with Crippen LogP contribution in [0.25, 0.3) is 0 Å². The summed E-state index contributed by atoms with van der Waals surface area (Å²) in [7, 11) is 0. The summed E-state index contributed by atoms with van der Waals surface area (Å²) in [5.74, 6) is 4.46. The highest BCUT2D eigenvalue weighted by Crippen LogP contribution is 2.44. The first-order valence-electron chi connectivity index (χ1n) is 14.3. The molecule has 5 aliphatic rings. The van der Waals surface area contributed by atoms with Crippen molar-refractivity contribution in [2.75, 3.05) is 0 Å². The number of carbonyl (C=O) groups is 2. The van der Waals surface area contributed by atoms with Gasteiger partial charge < -0.3 is 10.6 Å². The Morgan fingerprint density at radius 1 is 0.438 bits per heavy atom. The molecule has 2 amide bonds.